The van der Waals surface area contributed by atoms with Gasteiger partial charge in [0.1, 0.15) is 6.04 Å². The Labute approximate surface area is 194 Å². The molecule has 0 bridgehead atoms. The fraction of sp³-hybridized carbons (Fsp3) is 0.261. The van der Waals surface area contributed by atoms with E-state index in [-0.39, 0.29) is 22.3 Å². The largest absolute Gasteiger partial charge is 0.354 e. The van der Waals surface area contributed by atoms with Crippen LogP contribution >= 0.6 is 0 Å². The molecule has 1 amide bonds. The molecule has 0 aliphatic rings. The SMILES string of the molecule is CC(C)[C@H](NS(=O)(=O)c1ccc2ccccc2c1)C(=O)NCCc1ccc(S(N)(=O)=O)cc1. The number of primary sulfonamides is 1. The zero-order valence-electron chi connectivity index (χ0n) is 18.4. The van der Waals surface area contributed by atoms with Crippen LogP contribution in [0.15, 0.2) is 76.5 Å². The number of hydrogen-bond acceptors (Lipinski definition) is 5. The van der Waals surface area contributed by atoms with Gasteiger partial charge in [-0.05, 0) is 52.9 Å². The number of carbonyl (C=O) groups is 1. The minimum absolute atomic E-state index is 0.0123. The Bertz CT molecular complexity index is 1350. The van der Waals surface area contributed by atoms with Gasteiger partial charge in [0.25, 0.3) is 0 Å². The van der Waals surface area contributed by atoms with Crippen molar-refractivity contribution in [2.24, 2.45) is 11.1 Å². The van der Waals surface area contributed by atoms with Gasteiger partial charge in [-0.2, -0.15) is 4.72 Å². The van der Waals surface area contributed by atoms with E-state index >= 15 is 0 Å². The van der Waals surface area contributed by atoms with Crippen LogP contribution in [0.2, 0.25) is 0 Å². The predicted molar refractivity (Wildman–Crippen MR) is 127 cm³/mol. The number of nitrogens with two attached hydrogens (primary N) is 1. The van der Waals surface area contributed by atoms with Crippen molar-refractivity contribution in [2.45, 2.75) is 36.1 Å². The number of rotatable bonds is 9. The van der Waals surface area contributed by atoms with E-state index in [0.29, 0.717) is 6.42 Å². The zero-order chi connectivity index (χ0) is 24.2. The first-order chi connectivity index (χ1) is 15.5. The van der Waals surface area contributed by atoms with Gasteiger partial charge in [0.15, 0.2) is 0 Å². The van der Waals surface area contributed by atoms with Crippen molar-refractivity contribution in [3.8, 4) is 0 Å². The molecule has 0 unspecified atom stereocenters. The maximum absolute atomic E-state index is 13.0. The van der Waals surface area contributed by atoms with E-state index in [2.05, 4.69) is 10.0 Å². The average molecular weight is 490 g/mol. The highest BCUT2D eigenvalue weighted by atomic mass is 32.2. The number of benzene rings is 3. The van der Waals surface area contributed by atoms with Gasteiger partial charge >= 0.3 is 0 Å². The minimum Gasteiger partial charge on any atom is -0.354 e. The van der Waals surface area contributed by atoms with E-state index in [4.69, 9.17) is 5.14 Å². The Balaban J connectivity index is 1.65. The van der Waals surface area contributed by atoms with Crippen LogP contribution in [-0.2, 0) is 31.3 Å². The first-order valence-corrected chi connectivity index (χ1v) is 13.4. The fourth-order valence-corrected chi connectivity index (χ4v) is 5.24. The molecular weight excluding hydrogens is 462 g/mol. The van der Waals surface area contributed by atoms with Crippen LogP contribution in [0.5, 0.6) is 0 Å². The molecule has 0 spiro atoms. The predicted octanol–water partition coefficient (Wildman–Crippen LogP) is 2.15. The Morgan fingerprint density at radius 1 is 0.879 bits per heavy atom. The molecule has 3 aromatic carbocycles. The summed E-state index contributed by atoms with van der Waals surface area (Å²) in [5, 5.41) is 9.55. The summed E-state index contributed by atoms with van der Waals surface area (Å²) < 4.78 is 51.1. The van der Waals surface area contributed by atoms with Crippen LogP contribution in [0.4, 0.5) is 0 Å². The van der Waals surface area contributed by atoms with Crippen LogP contribution in [0, 0.1) is 5.92 Å². The quantitative estimate of drug-likeness (QED) is 0.423. The second-order valence-electron chi connectivity index (χ2n) is 8.08. The second-order valence-corrected chi connectivity index (χ2v) is 11.4. The van der Waals surface area contributed by atoms with Crippen molar-refractivity contribution in [3.05, 3.63) is 72.3 Å². The standard InChI is InChI=1S/C23H27N3O5S2/c1-16(2)22(23(27)25-14-13-17-7-10-20(11-8-17)32(24,28)29)26-33(30,31)21-12-9-18-5-3-4-6-19(18)15-21/h3-12,15-16,22,26H,13-14H2,1-2H3,(H,25,27)(H2,24,28,29)/t22-/m0/s1. The molecule has 0 heterocycles. The van der Waals surface area contributed by atoms with Gasteiger partial charge in [-0.15, -0.1) is 0 Å². The van der Waals surface area contributed by atoms with Crippen molar-refractivity contribution in [2.75, 3.05) is 6.54 Å². The lowest BCUT2D eigenvalue weighted by atomic mass is 10.0. The Hall–Kier alpha value is -2.79. The Morgan fingerprint density at radius 3 is 2.09 bits per heavy atom. The van der Waals surface area contributed by atoms with E-state index < -0.39 is 32.0 Å². The lowest BCUT2D eigenvalue weighted by molar-refractivity contribution is -0.123. The normalized spacial score (nSPS) is 13.2. The van der Waals surface area contributed by atoms with Crippen LogP contribution in [0.3, 0.4) is 0 Å². The van der Waals surface area contributed by atoms with Gasteiger partial charge in [-0.1, -0.05) is 56.3 Å². The number of carbonyl (C=O) groups excluding carboxylic acids is 1. The van der Waals surface area contributed by atoms with E-state index in [9.17, 15) is 21.6 Å². The van der Waals surface area contributed by atoms with Gasteiger partial charge in [-0.3, -0.25) is 4.79 Å². The molecule has 0 aromatic heterocycles. The van der Waals surface area contributed by atoms with Gasteiger partial charge in [-0.25, -0.2) is 22.0 Å². The van der Waals surface area contributed by atoms with Crippen molar-refractivity contribution >= 4 is 36.7 Å². The molecule has 0 radical (unpaired) electrons. The molecule has 176 valence electrons. The van der Waals surface area contributed by atoms with E-state index in [0.717, 1.165) is 16.3 Å². The van der Waals surface area contributed by atoms with E-state index in [1.807, 2.05) is 24.3 Å². The first-order valence-electron chi connectivity index (χ1n) is 10.4. The number of hydrogen-bond donors (Lipinski definition) is 3. The molecule has 0 aliphatic carbocycles. The van der Waals surface area contributed by atoms with Crippen molar-refractivity contribution in [1.82, 2.24) is 10.0 Å². The van der Waals surface area contributed by atoms with Crippen LogP contribution in [0.25, 0.3) is 10.8 Å². The lowest BCUT2D eigenvalue weighted by Crippen LogP contribution is -2.49. The molecule has 1 atom stereocenters. The molecule has 0 aliphatic heterocycles. The molecule has 3 aromatic rings. The van der Waals surface area contributed by atoms with Crippen molar-refractivity contribution < 1.29 is 21.6 Å². The summed E-state index contributed by atoms with van der Waals surface area (Å²) in [6.45, 7) is 3.78. The van der Waals surface area contributed by atoms with E-state index in [1.54, 1.807) is 38.1 Å². The summed E-state index contributed by atoms with van der Waals surface area (Å²) in [5.74, 6) is -0.718. The van der Waals surface area contributed by atoms with Crippen LogP contribution in [0.1, 0.15) is 19.4 Å². The third-order valence-corrected chi connectivity index (χ3v) is 7.60. The Kier molecular flexibility index (Phi) is 7.53. The summed E-state index contributed by atoms with van der Waals surface area (Å²) in [4.78, 5) is 12.9. The molecular formula is C23H27N3O5S2. The first kappa shape index (κ1) is 24.8. The molecule has 0 fully saturated rings. The third kappa shape index (κ3) is 6.38. The maximum Gasteiger partial charge on any atom is 0.241 e. The van der Waals surface area contributed by atoms with Gasteiger partial charge < -0.3 is 5.32 Å². The highest BCUT2D eigenvalue weighted by Gasteiger charge is 2.28. The molecule has 8 nitrogen and oxygen atoms in total. The van der Waals surface area contributed by atoms with Gasteiger partial charge in [0.2, 0.25) is 26.0 Å². The van der Waals surface area contributed by atoms with Gasteiger partial charge in [0.05, 0.1) is 9.79 Å². The highest BCUT2D eigenvalue weighted by Crippen LogP contribution is 2.20. The van der Waals surface area contributed by atoms with Gasteiger partial charge in [0, 0.05) is 6.54 Å². The van der Waals surface area contributed by atoms with Crippen molar-refractivity contribution in [3.63, 3.8) is 0 Å². The highest BCUT2D eigenvalue weighted by molar-refractivity contribution is 7.89. The molecule has 4 N–H and O–H groups in total. The molecule has 3 rings (SSSR count). The Morgan fingerprint density at radius 2 is 1.48 bits per heavy atom. The monoisotopic (exact) mass is 489 g/mol. The summed E-state index contributed by atoms with van der Waals surface area (Å²) in [7, 11) is -7.68. The summed E-state index contributed by atoms with van der Waals surface area (Å²) in [6.07, 6.45) is 0.443. The van der Waals surface area contributed by atoms with Crippen molar-refractivity contribution in [1.29, 1.82) is 0 Å². The molecule has 10 heteroatoms. The molecule has 0 saturated carbocycles. The number of fused-ring (bicyclic) bond motifs is 1. The van der Waals surface area contributed by atoms with Crippen LogP contribution in [-0.4, -0.2) is 35.3 Å². The molecule has 0 saturated heterocycles. The summed E-state index contributed by atoms with van der Waals surface area (Å²) in [5.41, 5.74) is 0.806. The minimum atomic E-state index is -3.92. The molecule has 33 heavy (non-hydrogen) atoms. The van der Waals surface area contributed by atoms with Crippen LogP contribution < -0.4 is 15.2 Å². The summed E-state index contributed by atoms with van der Waals surface area (Å²) in [6, 6.07) is 17.4. The topological polar surface area (TPSA) is 135 Å². The zero-order valence-corrected chi connectivity index (χ0v) is 20.0. The maximum atomic E-state index is 13.0. The number of sulfonamides is 2. The average Bonchev–Trinajstić information content (AvgIpc) is 2.76. The fourth-order valence-electron chi connectivity index (χ4n) is 3.35. The smallest absolute Gasteiger partial charge is 0.241 e. The lowest BCUT2D eigenvalue weighted by Gasteiger charge is -2.22. The third-order valence-electron chi connectivity index (χ3n) is 5.23. The second kappa shape index (κ2) is 10.0. The number of amides is 1. The summed E-state index contributed by atoms with van der Waals surface area (Å²) >= 11 is 0. The van der Waals surface area contributed by atoms with E-state index in [1.165, 1.54) is 18.2 Å². The number of nitrogens with one attached hydrogen (secondary N) is 2.